The molecule has 0 spiro atoms. The second-order valence-electron chi connectivity index (χ2n) is 3.35. The summed E-state index contributed by atoms with van der Waals surface area (Å²) >= 11 is 3.13. The van der Waals surface area contributed by atoms with Crippen LogP contribution < -0.4 is 5.73 Å². The van der Waals surface area contributed by atoms with Gasteiger partial charge >= 0.3 is 5.97 Å². The van der Waals surface area contributed by atoms with Gasteiger partial charge in [-0.3, -0.25) is 0 Å². The van der Waals surface area contributed by atoms with E-state index in [1.807, 2.05) is 0 Å². The normalized spacial score (nSPS) is 11.2. The van der Waals surface area contributed by atoms with Crippen molar-refractivity contribution in [1.82, 2.24) is 4.98 Å². The molecule has 6 nitrogen and oxygen atoms in total. The summed E-state index contributed by atoms with van der Waals surface area (Å²) in [5.74, 6) is -0.672. The fourth-order valence-electron chi connectivity index (χ4n) is 0.975. The van der Waals surface area contributed by atoms with E-state index in [1.54, 1.807) is 0 Å². The van der Waals surface area contributed by atoms with Gasteiger partial charge in [0.1, 0.15) is 12.4 Å². The van der Waals surface area contributed by atoms with Crippen LogP contribution in [-0.4, -0.2) is 38.0 Å². The fourth-order valence-corrected chi connectivity index (χ4v) is 1.74. The van der Waals surface area contributed by atoms with Crippen LogP contribution in [0, 0.1) is 0 Å². The molecule has 0 aliphatic heterocycles. The third-order valence-electron chi connectivity index (χ3n) is 1.78. The first kappa shape index (κ1) is 13.9. The molecule has 1 aromatic rings. The Morgan fingerprint density at radius 1 is 1.59 bits per heavy atom. The first-order chi connectivity index (χ1) is 7.79. The summed E-state index contributed by atoms with van der Waals surface area (Å²) in [5, 5.41) is 0. The molecule has 1 aromatic heterocycles. The van der Waals surface area contributed by atoms with Gasteiger partial charge in [0.25, 0.3) is 0 Å². The molecular formula is C9H11BrN2O4S. The molecule has 0 radical (unpaired) electrons. The molecule has 94 valence electrons. The van der Waals surface area contributed by atoms with Gasteiger partial charge in [-0.25, -0.2) is 18.2 Å². The van der Waals surface area contributed by atoms with Crippen LogP contribution in [0.4, 0.5) is 5.82 Å². The van der Waals surface area contributed by atoms with E-state index in [2.05, 4.69) is 20.9 Å². The third kappa shape index (κ3) is 4.70. The molecular weight excluding hydrogens is 312 g/mol. The van der Waals surface area contributed by atoms with Gasteiger partial charge in [0.15, 0.2) is 9.84 Å². The number of pyridine rings is 1. The van der Waals surface area contributed by atoms with Crippen LogP contribution in [0.5, 0.6) is 0 Å². The molecule has 1 heterocycles. The molecule has 17 heavy (non-hydrogen) atoms. The summed E-state index contributed by atoms with van der Waals surface area (Å²) in [5.41, 5.74) is 5.64. The van der Waals surface area contributed by atoms with Crippen molar-refractivity contribution in [1.29, 1.82) is 0 Å². The molecule has 0 atom stereocenters. The van der Waals surface area contributed by atoms with Crippen LogP contribution in [0.1, 0.15) is 10.4 Å². The van der Waals surface area contributed by atoms with E-state index in [9.17, 15) is 13.2 Å². The number of carbonyl (C=O) groups excluding carboxylic acids is 1. The van der Waals surface area contributed by atoms with Crippen LogP contribution in [-0.2, 0) is 14.6 Å². The van der Waals surface area contributed by atoms with Crippen molar-refractivity contribution < 1.29 is 17.9 Å². The monoisotopic (exact) mass is 322 g/mol. The van der Waals surface area contributed by atoms with Gasteiger partial charge in [-0.1, -0.05) is 0 Å². The van der Waals surface area contributed by atoms with Crippen LogP contribution in [0.15, 0.2) is 16.7 Å². The van der Waals surface area contributed by atoms with E-state index in [0.29, 0.717) is 4.47 Å². The Labute approximate surface area is 107 Å². The molecule has 0 saturated carbocycles. The average Bonchev–Trinajstić information content (AvgIpc) is 2.19. The zero-order chi connectivity index (χ0) is 13.1. The van der Waals surface area contributed by atoms with E-state index in [-0.39, 0.29) is 23.7 Å². The van der Waals surface area contributed by atoms with E-state index in [4.69, 9.17) is 10.5 Å². The SMILES string of the molecule is CS(=O)(=O)CCOC(=O)c1cc(N)ncc1Br. The maximum Gasteiger partial charge on any atom is 0.339 e. The summed E-state index contributed by atoms with van der Waals surface area (Å²) < 4.78 is 26.9. The van der Waals surface area contributed by atoms with Gasteiger partial charge < -0.3 is 10.5 Å². The number of nitrogen functional groups attached to an aromatic ring is 1. The van der Waals surface area contributed by atoms with Crippen LogP contribution in [0.2, 0.25) is 0 Å². The zero-order valence-corrected chi connectivity index (χ0v) is 11.4. The Hall–Kier alpha value is -1.15. The smallest absolute Gasteiger partial charge is 0.339 e. The van der Waals surface area contributed by atoms with Gasteiger partial charge in [0, 0.05) is 12.5 Å². The Balaban J connectivity index is 2.67. The second kappa shape index (κ2) is 5.46. The van der Waals surface area contributed by atoms with Crippen molar-refractivity contribution in [3.63, 3.8) is 0 Å². The maximum absolute atomic E-state index is 11.6. The number of halogens is 1. The highest BCUT2D eigenvalue weighted by Gasteiger charge is 2.13. The maximum atomic E-state index is 11.6. The highest BCUT2D eigenvalue weighted by atomic mass is 79.9. The summed E-state index contributed by atoms with van der Waals surface area (Å²) in [4.78, 5) is 15.3. The van der Waals surface area contributed by atoms with Crippen molar-refractivity contribution >= 4 is 37.6 Å². The molecule has 0 aliphatic rings. The average molecular weight is 323 g/mol. The Morgan fingerprint density at radius 3 is 2.82 bits per heavy atom. The number of hydrogen-bond acceptors (Lipinski definition) is 6. The molecule has 0 saturated heterocycles. The molecule has 8 heteroatoms. The van der Waals surface area contributed by atoms with E-state index in [1.165, 1.54) is 12.3 Å². The number of nitrogens with two attached hydrogens (primary N) is 1. The van der Waals surface area contributed by atoms with Gasteiger partial charge in [-0.2, -0.15) is 0 Å². The summed E-state index contributed by atoms with van der Waals surface area (Å²) in [7, 11) is -3.15. The first-order valence-corrected chi connectivity index (χ1v) is 7.41. The molecule has 0 unspecified atom stereocenters. The lowest BCUT2D eigenvalue weighted by atomic mass is 10.2. The minimum absolute atomic E-state index is 0.184. The number of rotatable bonds is 4. The number of nitrogens with zero attached hydrogens (tertiary/aromatic N) is 1. The lowest BCUT2D eigenvalue weighted by Crippen LogP contribution is -2.15. The number of anilines is 1. The highest BCUT2D eigenvalue weighted by molar-refractivity contribution is 9.10. The number of sulfone groups is 1. The third-order valence-corrected chi connectivity index (χ3v) is 3.32. The van der Waals surface area contributed by atoms with Crippen molar-refractivity contribution in [2.75, 3.05) is 24.3 Å². The lowest BCUT2D eigenvalue weighted by Gasteiger charge is -2.06. The molecule has 1 rings (SSSR count). The zero-order valence-electron chi connectivity index (χ0n) is 9.01. The summed E-state index contributed by atoms with van der Waals surface area (Å²) in [6.45, 7) is -0.188. The lowest BCUT2D eigenvalue weighted by molar-refractivity contribution is 0.0528. The number of ether oxygens (including phenoxy) is 1. The molecule has 0 fully saturated rings. The number of aromatic nitrogens is 1. The number of carbonyl (C=O) groups is 1. The second-order valence-corrected chi connectivity index (χ2v) is 6.47. The largest absolute Gasteiger partial charge is 0.461 e. The van der Waals surface area contributed by atoms with Crippen molar-refractivity contribution in [3.8, 4) is 0 Å². The van der Waals surface area contributed by atoms with Crippen LogP contribution in [0.3, 0.4) is 0 Å². The van der Waals surface area contributed by atoms with Gasteiger partial charge in [0.05, 0.1) is 15.8 Å². The predicted octanol–water partition coefficient (Wildman–Crippen LogP) is 0.628. The Bertz CT molecular complexity index is 530. The Kier molecular flexibility index (Phi) is 4.47. The van der Waals surface area contributed by atoms with E-state index >= 15 is 0 Å². The summed E-state index contributed by atoms with van der Waals surface area (Å²) in [6, 6.07) is 1.35. The quantitative estimate of drug-likeness (QED) is 0.816. The van der Waals surface area contributed by atoms with Gasteiger partial charge in [-0.15, -0.1) is 0 Å². The Morgan fingerprint density at radius 2 is 2.24 bits per heavy atom. The minimum Gasteiger partial charge on any atom is -0.461 e. The predicted molar refractivity (Wildman–Crippen MR) is 66.3 cm³/mol. The minimum atomic E-state index is -3.15. The highest BCUT2D eigenvalue weighted by Crippen LogP contribution is 2.18. The van der Waals surface area contributed by atoms with Crippen LogP contribution in [0.25, 0.3) is 0 Å². The molecule has 2 N–H and O–H groups in total. The van der Waals surface area contributed by atoms with Gasteiger partial charge in [0.2, 0.25) is 0 Å². The van der Waals surface area contributed by atoms with Crippen LogP contribution >= 0.6 is 15.9 Å². The number of hydrogen-bond donors (Lipinski definition) is 1. The molecule has 0 aliphatic carbocycles. The van der Waals surface area contributed by atoms with Crippen molar-refractivity contribution in [2.45, 2.75) is 0 Å². The van der Waals surface area contributed by atoms with Crippen molar-refractivity contribution in [2.24, 2.45) is 0 Å². The molecule has 0 bridgehead atoms. The fraction of sp³-hybridized carbons (Fsp3) is 0.333. The standard InChI is InChI=1S/C9H11BrN2O4S/c1-17(14,15)3-2-16-9(13)6-4-8(11)12-5-7(6)10/h4-5H,2-3H2,1H3,(H2,11,12). The van der Waals surface area contributed by atoms with E-state index in [0.717, 1.165) is 6.26 Å². The summed E-state index contributed by atoms with van der Waals surface area (Å²) in [6.07, 6.45) is 2.45. The molecule has 0 aromatic carbocycles. The topological polar surface area (TPSA) is 99.4 Å². The van der Waals surface area contributed by atoms with Gasteiger partial charge in [-0.05, 0) is 22.0 Å². The van der Waals surface area contributed by atoms with Crippen molar-refractivity contribution in [3.05, 3.63) is 22.3 Å². The first-order valence-electron chi connectivity index (χ1n) is 4.55. The van der Waals surface area contributed by atoms with E-state index < -0.39 is 15.8 Å². The number of esters is 1. The molecule has 0 amide bonds.